The molecule has 0 aliphatic carbocycles. The number of carbonyl (C=O) groups excluding carboxylic acids is 2. The van der Waals surface area contributed by atoms with Crippen molar-refractivity contribution in [3.63, 3.8) is 0 Å². The van der Waals surface area contributed by atoms with Crippen molar-refractivity contribution in [3.05, 3.63) is 82.9 Å². The Balaban J connectivity index is 1.28. The molecule has 2 aliphatic heterocycles. The summed E-state index contributed by atoms with van der Waals surface area (Å²) in [6.45, 7) is 4.18. The average Bonchev–Trinajstić information content (AvgIpc) is 3.33. The van der Waals surface area contributed by atoms with Gasteiger partial charge in [-0.25, -0.2) is 4.79 Å². The van der Waals surface area contributed by atoms with Gasteiger partial charge < -0.3 is 34.7 Å². The number of benzene rings is 3. The fourth-order valence-corrected chi connectivity index (χ4v) is 6.21. The van der Waals surface area contributed by atoms with E-state index in [-0.39, 0.29) is 22.4 Å². The highest BCUT2D eigenvalue weighted by Crippen LogP contribution is 2.53. The summed E-state index contributed by atoms with van der Waals surface area (Å²) in [7, 11) is 3.03. The summed E-state index contributed by atoms with van der Waals surface area (Å²) in [5.74, 6) is 1.65. The predicted molar refractivity (Wildman–Crippen MR) is 166 cm³/mol. The average molecular weight is 605 g/mol. The van der Waals surface area contributed by atoms with E-state index in [1.807, 2.05) is 68.4 Å². The molecular formula is C33H36N2O7S. The number of hydrogen-bond donors (Lipinski definition) is 2. The van der Waals surface area contributed by atoms with E-state index < -0.39 is 11.6 Å². The molecule has 3 aromatic rings. The van der Waals surface area contributed by atoms with Crippen LogP contribution in [-0.2, 0) is 22.4 Å². The lowest BCUT2D eigenvalue weighted by Gasteiger charge is -2.37. The number of methoxy groups -OCH3 is 2. The summed E-state index contributed by atoms with van der Waals surface area (Å²) in [4.78, 5) is 24.8. The minimum atomic E-state index is -0.651. The van der Waals surface area contributed by atoms with Gasteiger partial charge in [-0.05, 0) is 62.4 Å². The van der Waals surface area contributed by atoms with Crippen LogP contribution in [0.4, 0.5) is 0 Å². The third-order valence-electron chi connectivity index (χ3n) is 7.54. The molecule has 3 unspecified atom stereocenters. The first-order chi connectivity index (χ1) is 20.7. The summed E-state index contributed by atoms with van der Waals surface area (Å²) >= 11 is 1.43. The third-order valence-corrected chi connectivity index (χ3v) is 8.66. The number of nitrogens with one attached hydrogen (secondary N) is 1. The molecule has 2 heterocycles. The Morgan fingerprint density at radius 2 is 1.81 bits per heavy atom. The first kappa shape index (κ1) is 30.3. The van der Waals surface area contributed by atoms with Gasteiger partial charge in [0.25, 0.3) is 0 Å². The van der Waals surface area contributed by atoms with Gasteiger partial charge in [-0.1, -0.05) is 42.5 Å². The van der Waals surface area contributed by atoms with Gasteiger partial charge in [0.2, 0.25) is 17.4 Å². The lowest BCUT2D eigenvalue weighted by molar-refractivity contribution is -0.129. The Hall–Kier alpha value is -4.15. The van der Waals surface area contributed by atoms with Crippen molar-refractivity contribution in [2.24, 2.45) is 5.73 Å². The molecule has 2 aliphatic rings. The van der Waals surface area contributed by atoms with Crippen LogP contribution in [0.2, 0.25) is 0 Å². The van der Waals surface area contributed by atoms with Crippen molar-refractivity contribution in [2.75, 3.05) is 20.8 Å². The van der Waals surface area contributed by atoms with E-state index in [9.17, 15) is 9.59 Å². The summed E-state index contributed by atoms with van der Waals surface area (Å²) in [6, 6.07) is 17.2. The standard InChI is InChI=1S/C33H36N2O7S/c1-20-24-16-17-33(2,19-40-23-13-10-22(11-14-23)18-25-31(37)35-32(34)43-25)42-28(24)30(39-4)29(38-3)27(20)41-26(36)15-12-21-8-6-5-7-9-21/h5-15,25,32H,16-19,34H2,1-4H3,(H,35,37). The molecule has 1 fully saturated rings. The number of rotatable bonds is 10. The van der Waals surface area contributed by atoms with Crippen LogP contribution in [0.5, 0.6) is 28.7 Å². The smallest absolute Gasteiger partial charge is 0.336 e. The topological polar surface area (TPSA) is 118 Å². The second kappa shape index (κ2) is 13.0. The van der Waals surface area contributed by atoms with Crippen LogP contribution in [0.25, 0.3) is 6.08 Å². The molecular weight excluding hydrogens is 568 g/mol. The normalized spacial score (nSPS) is 21.1. The lowest BCUT2D eigenvalue weighted by Crippen LogP contribution is -2.42. The number of carbonyl (C=O) groups is 2. The first-order valence-corrected chi connectivity index (χ1v) is 15.0. The number of esters is 1. The SMILES string of the molecule is COc1c(OC(=O)C=Cc2ccccc2)c(C)c2c(c1OC)OC(C)(COc1ccc(CC3SC(N)NC3=O)cc1)CC2. The predicted octanol–water partition coefficient (Wildman–Crippen LogP) is 4.81. The fourth-order valence-electron chi connectivity index (χ4n) is 5.19. The molecule has 43 heavy (non-hydrogen) atoms. The molecule has 10 heteroatoms. The third kappa shape index (κ3) is 6.92. The quantitative estimate of drug-likeness (QED) is 0.191. The molecule has 0 bridgehead atoms. The van der Waals surface area contributed by atoms with Crippen LogP contribution in [0.1, 0.15) is 35.6 Å². The van der Waals surface area contributed by atoms with E-state index in [0.717, 1.165) is 22.3 Å². The number of hydrogen-bond acceptors (Lipinski definition) is 9. The Kier molecular flexibility index (Phi) is 9.17. The van der Waals surface area contributed by atoms with Crippen LogP contribution in [-0.4, -0.2) is 49.1 Å². The van der Waals surface area contributed by atoms with Gasteiger partial charge in [0.05, 0.1) is 19.5 Å². The molecule has 3 atom stereocenters. The minimum Gasteiger partial charge on any atom is -0.490 e. The number of ether oxygens (including phenoxy) is 5. The van der Waals surface area contributed by atoms with Gasteiger partial charge in [-0.15, -0.1) is 11.8 Å². The second-order valence-corrected chi connectivity index (χ2v) is 12.1. The van der Waals surface area contributed by atoms with Crippen molar-refractivity contribution in [1.82, 2.24) is 5.32 Å². The van der Waals surface area contributed by atoms with Crippen molar-refractivity contribution >= 4 is 29.7 Å². The van der Waals surface area contributed by atoms with E-state index in [2.05, 4.69) is 5.32 Å². The van der Waals surface area contributed by atoms with E-state index >= 15 is 0 Å². The molecule has 0 spiro atoms. The highest BCUT2D eigenvalue weighted by atomic mass is 32.2. The monoisotopic (exact) mass is 604 g/mol. The van der Waals surface area contributed by atoms with Gasteiger partial charge >= 0.3 is 5.97 Å². The highest BCUT2D eigenvalue weighted by Gasteiger charge is 2.38. The summed E-state index contributed by atoms with van der Waals surface area (Å²) in [5.41, 5.74) is 8.36. The highest BCUT2D eigenvalue weighted by molar-refractivity contribution is 8.01. The summed E-state index contributed by atoms with van der Waals surface area (Å²) < 4.78 is 29.9. The van der Waals surface area contributed by atoms with Crippen molar-refractivity contribution in [3.8, 4) is 28.7 Å². The zero-order valence-corrected chi connectivity index (χ0v) is 25.5. The zero-order chi connectivity index (χ0) is 30.6. The summed E-state index contributed by atoms with van der Waals surface area (Å²) in [5, 5.41) is 2.54. The van der Waals surface area contributed by atoms with E-state index in [1.54, 1.807) is 6.08 Å². The number of thioether (sulfide) groups is 1. The van der Waals surface area contributed by atoms with Crippen LogP contribution in [0, 0.1) is 6.92 Å². The van der Waals surface area contributed by atoms with Crippen LogP contribution in [0.15, 0.2) is 60.7 Å². The number of amides is 1. The van der Waals surface area contributed by atoms with Crippen molar-refractivity contribution < 1.29 is 33.3 Å². The maximum atomic E-state index is 12.8. The Morgan fingerprint density at radius 1 is 1.09 bits per heavy atom. The van der Waals surface area contributed by atoms with Gasteiger partial charge in [0.1, 0.15) is 23.5 Å². The van der Waals surface area contributed by atoms with E-state index in [1.165, 1.54) is 32.1 Å². The maximum Gasteiger partial charge on any atom is 0.336 e. The Morgan fingerprint density at radius 3 is 2.47 bits per heavy atom. The van der Waals surface area contributed by atoms with E-state index in [4.69, 9.17) is 29.4 Å². The fraction of sp³-hybridized carbons (Fsp3) is 0.333. The van der Waals surface area contributed by atoms with E-state index in [0.29, 0.717) is 48.9 Å². The summed E-state index contributed by atoms with van der Waals surface area (Å²) in [6.07, 6.45) is 5.02. The second-order valence-electron chi connectivity index (χ2n) is 10.7. The molecule has 3 N–H and O–H groups in total. The molecule has 9 nitrogen and oxygen atoms in total. The van der Waals surface area contributed by atoms with Gasteiger partial charge in [-0.2, -0.15) is 0 Å². The van der Waals surface area contributed by atoms with Crippen molar-refractivity contribution in [2.45, 2.75) is 49.5 Å². The Labute approximate surface area is 255 Å². The number of fused-ring (bicyclic) bond motifs is 1. The van der Waals surface area contributed by atoms with Gasteiger partial charge in [0.15, 0.2) is 11.5 Å². The van der Waals surface area contributed by atoms with Crippen molar-refractivity contribution in [1.29, 1.82) is 0 Å². The molecule has 0 saturated carbocycles. The molecule has 1 amide bonds. The van der Waals surface area contributed by atoms with Gasteiger partial charge in [0, 0.05) is 17.2 Å². The minimum absolute atomic E-state index is 0.0343. The van der Waals surface area contributed by atoms with Gasteiger partial charge in [-0.3, -0.25) is 4.79 Å². The maximum absolute atomic E-state index is 12.8. The van der Waals surface area contributed by atoms with Crippen LogP contribution < -0.4 is 34.7 Å². The zero-order valence-electron chi connectivity index (χ0n) is 24.7. The first-order valence-electron chi connectivity index (χ1n) is 14.0. The van der Waals surface area contributed by atoms with Crippen LogP contribution >= 0.6 is 11.8 Å². The molecule has 226 valence electrons. The molecule has 1 saturated heterocycles. The van der Waals surface area contributed by atoms with Crippen LogP contribution in [0.3, 0.4) is 0 Å². The Bertz CT molecular complexity index is 1510. The molecule has 0 radical (unpaired) electrons. The molecule has 0 aromatic heterocycles. The number of nitrogens with two attached hydrogens (primary N) is 1. The molecule has 3 aromatic carbocycles. The largest absolute Gasteiger partial charge is 0.490 e. The lowest BCUT2D eigenvalue weighted by atomic mass is 9.90. The molecule has 5 rings (SSSR count).